The van der Waals surface area contributed by atoms with Crippen molar-refractivity contribution in [3.63, 3.8) is 0 Å². The highest BCUT2D eigenvalue weighted by atomic mass is 16.5. The first kappa shape index (κ1) is 13.6. The Morgan fingerprint density at radius 2 is 2.11 bits per heavy atom. The van der Waals surface area contributed by atoms with Crippen LogP contribution in [0.5, 0.6) is 0 Å². The van der Waals surface area contributed by atoms with Crippen LogP contribution in [0.25, 0.3) is 10.9 Å². The summed E-state index contributed by atoms with van der Waals surface area (Å²) < 4.78 is 6.88. The standard InChI is InChI=1S/C15H20N2O2/c1-4-10(15(18)19-3)14(16)12-9-17(2)13-8-6-5-7-11(12)13/h5-10,14H,4,16H2,1-3H3. The second-order valence-corrected chi connectivity index (χ2v) is 4.78. The van der Waals surface area contributed by atoms with Gasteiger partial charge in [0.1, 0.15) is 0 Å². The van der Waals surface area contributed by atoms with E-state index in [2.05, 4.69) is 0 Å². The van der Waals surface area contributed by atoms with Gasteiger partial charge in [0.05, 0.1) is 13.0 Å². The number of rotatable bonds is 4. The van der Waals surface area contributed by atoms with E-state index in [4.69, 9.17) is 10.5 Å². The molecule has 0 radical (unpaired) electrons. The summed E-state index contributed by atoms with van der Waals surface area (Å²) in [5, 5.41) is 1.10. The highest BCUT2D eigenvalue weighted by Gasteiger charge is 2.28. The molecule has 0 saturated carbocycles. The summed E-state index contributed by atoms with van der Waals surface area (Å²) in [6, 6.07) is 7.72. The van der Waals surface area contributed by atoms with Crippen LogP contribution in [-0.2, 0) is 16.6 Å². The molecule has 0 aliphatic heterocycles. The molecule has 2 atom stereocenters. The number of para-hydroxylation sites is 1. The second-order valence-electron chi connectivity index (χ2n) is 4.78. The van der Waals surface area contributed by atoms with Crippen molar-refractivity contribution in [3.05, 3.63) is 36.0 Å². The molecule has 2 unspecified atom stereocenters. The molecule has 0 spiro atoms. The predicted octanol–water partition coefficient (Wildman–Crippen LogP) is 2.38. The van der Waals surface area contributed by atoms with Gasteiger partial charge in [-0.3, -0.25) is 4.79 Å². The van der Waals surface area contributed by atoms with E-state index in [1.807, 2.05) is 49.0 Å². The van der Waals surface area contributed by atoms with E-state index in [0.717, 1.165) is 16.5 Å². The number of hydrogen-bond donors (Lipinski definition) is 1. The van der Waals surface area contributed by atoms with E-state index in [-0.39, 0.29) is 17.9 Å². The number of ether oxygens (including phenoxy) is 1. The quantitative estimate of drug-likeness (QED) is 0.859. The van der Waals surface area contributed by atoms with Crippen molar-refractivity contribution in [1.29, 1.82) is 0 Å². The summed E-state index contributed by atoms with van der Waals surface area (Å²) in [7, 11) is 3.39. The molecule has 1 aromatic carbocycles. The molecule has 4 heteroatoms. The zero-order valence-corrected chi connectivity index (χ0v) is 11.6. The topological polar surface area (TPSA) is 57.2 Å². The minimum absolute atomic E-state index is 0.247. The average Bonchev–Trinajstić information content (AvgIpc) is 2.77. The van der Waals surface area contributed by atoms with Crippen molar-refractivity contribution in [2.75, 3.05) is 7.11 Å². The molecule has 102 valence electrons. The molecule has 2 rings (SSSR count). The fourth-order valence-electron chi connectivity index (χ4n) is 2.57. The Labute approximate surface area is 113 Å². The van der Waals surface area contributed by atoms with E-state index in [9.17, 15) is 4.79 Å². The Balaban J connectivity index is 2.46. The van der Waals surface area contributed by atoms with Crippen molar-refractivity contribution < 1.29 is 9.53 Å². The van der Waals surface area contributed by atoms with Gasteiger partial charge in [-0.05, 0) is 18.1 Å². The van der Waals surface area contributed by atoms with Gasteiger partial charge in [-0.1, -0.05) is 25.1 Å². The number of carbonyl (C=O) groups excluding carboxylic acids is 1. The lowest BCUT2D eigenvalue weighted by Gasteiger charge is -2.19. The van der Waals surface area contributed by atoms with Crippen LogP contribution in [0.4, 0.5) is 0 Å². The van der Waals surface area contributed by atoms with Gasteiger partial charge in [-0.2, -0.15) is 0 Å². The Hall–Kier alpha value is -1.81. The van der Waals surface area contributed by atoms with Crippen molar-refractivity contribution in [3.8, 4) is 0 Å². The largest absolute Gasteiger partial charge is 0.469 e. The average molecular weight is 260 g/mol. The maximum atomic E-state index is 11.8. The maximum absolute atomic E-state index is 11.8. The summed E-state index contributed by atoms with van der Waals surface area (Å²) in [5.74, 6) is -0.557. The third kappa shape index (κ3) is 2.36. The number of carbonyl (C=O) groups is 1. The van der Waals surface area contributed by atoms with E-state index >= 15 is 0 Å². The molecule has 1 aromatic heterocycles. The van der Waals surface area contributed by atoms with Crippen LogP contribution < -0.4 is 5.73 Å². The summed E-state index contributed by atoms with van der Waals surface area (Å²) in [6.45, 7) is 1.95. The van der Waals surface area contributed by atoms with Gasteiger partial charge in [-0.15, -0.1) is 0 Å². The van der Waals surface area contributed by atoms with Gasteiger partial charge >= 0.3 is 5.97 Å². The molecule has 4 nitrogen and oxygen atoms in total. The van der Waals surface area contributed by atoms with Crippen molar-refractivity contribution in [2.24, 2.45) is 18.7 Å². The van der Waals surface area contributed by atoms with Crippen LogP contribution in [0.15, 0.2) is 30.5 Å². The molecule has 0 bridgehead atoms. The maximum Gasteiger partial charge on any atom is 0.310 e. The number of aromatic nitrogens is 1. The Bertz CT molecular complexity index is 589. The zero-order chi connectivity index (χ0) is 14.0. The molecule has 0 aliphatic rings. The Morgan fingerprint density at radius 3 is 2.74 bits per heavy atom. The number of fused-ring (bicyclic) bond motifs is 1. The number of nitrogens with two attached hydrogens (primary N) is 1. The number of aryl methyl sites for hydroxylation is 1. The lowest BCUT2D eigenvalue weighted by Crippen LogP contribution is -2.28. The highest BCUT2D eigenvalue weighted by Crippen LogP contribution is 2.30. The van der Waals surface area contributed by atoms with E-state index in [1.165, 1.54) is 7.11 Å². The molecular formula is C15H20N2O2. The van der Waals surface area contributed by atoms with E-state index < -0.39 is 0 Å². The molecule has 1 heterocycles. The fourth-order valence-corrected chi connectivity index (χ4v) is 2.57. The summed E-state index contributed by atoms with van der Waals surface area (Å²) in [6.07, 6.45) is 2.66. The van der Waals surface area contributed by atoms with Crippen LogP contribution in [0.3, 0.4) is 0 Å². The van der Waals surface area contributed by atoms with E-state index in [0.29, 0.717) is 6.42 Å². The Morgan fingerprint density at radius 1 is 1.42 bits per heavy atom. The first-order chi connectivity index (χ1) is 9.10. The molecular weight excluding hydrogens is 240 g/mol. The van der Waals surface area contributed by atoms with Crippen LogP contribution in [-0.4, -0.2) is 17.6 Å². The van der Waals surface area contributed by atoms with Crippen LogP contribution in [0.2, 0.25) is 0 Å². The summed E-state index contributed by atoms with van der Waals surface area (Å²) >= 11 is 0. The second kappa shape index (κ2) is 5.45. The fraction of sp³-hybridized carbons (Fsp3) is 0.400. The zero-order valence-electron chi connectivity index (χ0n) is 11.6. The SMILES string of the molecule is CCC(C(=O)OC)C(N)c1cn(C)c2ccccc12. The summed E-state index contributed by atoms with van der Waals surface area (Å²) in [5.41, 5.74) is 8.41. The van der Waals surface area contributed by atoms with Crippen LogP contribution >= 0.6 is 0 Å². The molecule has 0 aliphatic carbocycles. The van der Waals surface area contributed by atoms with Gasteiger partial charge in [-0.25, -0.2) is 0 Å². The van der Waals surface area contributed by atoms with Gasteiger partial charge in [0.15, 0.2) is 0 Å². The van der Waals surface area contributed by atoms with Gasteiger partial charge < -0.3 is 15.0 Å². The lowest BCUT2D eigenvalue weighted by atomic mass is 9.91. The van der Waals surface area contributed by atoms with Crippen molar-refractivity contribution in [2.45, 2.75) is 19.4 Å². The highest BCUT2D eigenvalue weighted by molar-refractivity contribution is 5.85. The third-order valence-electron chi connectivity index (χ3n) is 3.66. The number of hydrogen-bond acceptors (Lipinski definition) is 3. The van der Waals surface area contributed by atoms with Gasteiger partial charge in [0.25, 0.3) is 0 Å². The molecule has 0 amide bonds. The van der Waals surface area contributed by atoms with Gasteiger partial charge in [0, 0.05) is 30.2 Å². The minimum atomic E-state index is -0.344. The van der Waals surface area contributed by atoms with Crippen molar-refractivity contribution in [1.82, 2.24) is 4.57 Å². The Kier molecular flexibility index (Phi) is 3.90. The lowest BCUT2D eigenvalue weighted by molar-refractivity contribution is -0.146. The molecule has 19 heavy (non-hydrogen) atoms. The summed E-state index contributed by atoms with van der Waals surface area (Å²) in [4.78, 5) is 11.8. The molecule has 0 saturated heterocycles. The predicted molar refractivity (Wildman–Crippen MR) is 75.6 cm³/mol. The van der Waals surface area contributed by atoms with E-state index in [1.54, 1.807) is 0 Å². The number of benzene rings is 1. The van der Waals surface area contributed by atoms with Crippen LogP contribution in [0.1, 0.15) is 24.9 Å². The normalized spacial score (nSPS) is 14.3. The first-order valence-corrected chi connectivity index (χ1v) is 6.47. The van der Waals surface area contributed by atoms with Gasteiger partial charge in [0.2, 0.25) is 0 Å². The smallest absolute Gasteiger partial charge is 0.310 e. The minimum Gasteiger partial charge on any atom is -0.469 e. The number of esters is 1. The third-order valence-corrected chi connectivity index (χ3v) is 3.66. The first-order valence-electron chi connectivity index (χ1n) is 6.47. The molecule has 0 fully saturated rings. The monoisotopic (exact) mass is 260 g/mol. The molecule has 2 N–H and O–H groups in total. The number of methoxy groups -OCH3 is 1. The van der Waals surface area contributed by atoms with Crippen LogP contribution in [0, 0.1) is 5.92 Å². The number of nitrogens with zero attached hydrogens (tertiary/aromatic N) is 1. The van der Waals surface area contributed by atoms with Crippen molar-refractivity contribution >= 4 is 16.9 Å². The molecule has 2 aromatic rings.